The van der Waals surface area contributed by atoms with Crippen molar-refractivity contribution in [2.75, 3.05) is 0 Å². The number of rotatable bonds is 6. The molecule has 1 aromatic carbocycles. The number of carboxylic acid groups (broad SMARTS) is 1. The van der Waals surface area contributed by atoms with Crippen molar-refractivity contribution in [3.8, 4) is 0 Å². The Bertz CT molecular complexity index is 580. The van der Waals surface area contributed by atoms with Crippen molar-refractivity contribution in [3.05, 3.63) is 29.8 Å². The fourth-order valence-electron chi connectivity index (χ4n) is 1.36. The molecule has 104 valence electrons. The second-order valence-electron chi connectivity index (χ2n) is 3.81. The largest absolute Gasteiger partial charge is 0.480 e. The van der Waals surface area contributed by atoms with Crippen LogP contribution in [0.3, 0.4) is 0 Å². The molecule has 8 heteroatoms. The van der Waals surface area contributed by atoms with Crippen LogP contribution in [0.4, 0.5) is 0 Å². The second-order valence-corrected chi connectivity index (χ2v) is 5.52. The Labute approximate surface area is 110 Å². The molecule has 0 saturated heterocycles. The van der Waals surface area contributed by atoms with Crippen LogP contribution in [0.1, 0.15) is 23.7 Å². The van der Waals surface area contributed by atoms with Crippen LogP contribution in [-0.2, 0) is 14.8 Å². The lowest BCUT2D eigenvalue weighted by Gasteiger charge is -2.12. The molecule has 1 rings (SSSR count). The molecule has 1 aromatic rings. The van der Waals surface area contributed by atoms with E-state index >= 15 is 0 Å². The van der Waals surface area contributed by atoms with Gasteiger partial charge in [0.05, 0.1) is 4.90 Å². The average Bonchev–Trinajstić information content (AvgIpc) is 2.35. The summed E-state index contributed by atoms with van der Waals surface area (Å²) >= 11 is 0. The van der Waals surface area contributed by atoms with Crippen molar-refractivity contribution in [2.45, 2.75) is 24.3 Å². The number of carbonyl (C=O) groups is 2. The van der Waals surface area contributed by atoms with E-state index < -0.39 is 27.9 Å². The van der Waals surface area contributed by atoms with Crippen LogP contribution >= 0.6 is 0 Å². The lowest BCUT2D eigenvalue weighted by atomic mass is 10.2. The van der Waals surface area contributed by atoms with E-state index in [0.29, 0.717) is 0 Å². The Kier molecular flexibility index (Phi) is 4.62. The number of amides is 1. The highest BCUT2D eigenvalue weighted by molar-refractivity contribution is 7.89. The Morgan fingerprint density at radius 1 is 1.32 bits per heavy atom. The van der Waals surface area contributed by atoms with Crippen LogP contribution in [0.5, 0.6) is 0 Å². The molecule has 1 atom stereocenters. The number of nitrogens with one attached hydrogen (secondary N) is 1. The van der Waals surface area contributed by atoms with E-state index in [2.05, 4.69) is 4.72 Å². The fourth-order valence-corrected chi connectivity index (χ4v) is 2.63. The number of hydrogen-bond acceptors (Lipinski definition) is 4. The maximum Gasteiger partial charge on any atom is 0.321 e. The molecule has 4 N–H and O–H groups in total. The molecule has 0 aliphatic carbocycles. The molecule has 0 fully saturated rings. The average molecular weight is 286 g/mol. The van der Waals surface area contributed by atoms with E-state index in [1.165, 1.54) is 24.3 Å². The third-order valence-corrected chi connectivity index (χ3v) is 3.94. The Morgan fingerprint density at radius 2 is 1.84 bits per heavy atom. The SMILES string of the molecule is CCC(NS(=O)(=O)c1ccc(C(N)=O)cc1)C(=O)O. The van der Waals surface area contributed by atoms with Crippen LogP contribution in [0.2, 0.25) is 0 Å². The molecule has 1 amide bonds. The quantitative estimate of drug-likeness (QED) is 0.674. The van der Waals surface area contributed by atoms with E-state index in [-0.39, 0.29) is 16.9 Å². The monoisotopic (exact) mass is 286 g/mol. The zero-order chi connectivity index (χ0) is 14.6. The standard InChI is InChI=1S/C11H14N2O5S/c1-2-9(11(15)16)13-19(17,18)8-5-3-7(4-6-8)10(12)14/h3-6,9,13H,2H2,1H3,(H2,12,14)(H,15,16). The van der Waals surface area contributed by atoms with Gasteiger partial charge in [-0.25, -0.2) is 8.42 Å². The van der Waals surface area contributed by atoms with Gasteiger partial charge in [-0.15, -0.1) is 0 Å². The maximum atomic E-state index is 11.9. The van der Waals surface area contributed by atoms with Gasteiger partial charge in [-0.2, -0.15) is 4.72 Å². The first-order valence-corrected chi connectivity index (χ1v) is 6.91. The van der Waals surface area contributed by atoms with E-state index in [9.17, 15) is 18.0 Å². The van der Waals surface area contributed by atoms with Crippen molar-refractivity contribution in [1.29, 1.82) is 0 Å². The molecule has 7 nitrogen and oxygen atoms in total. The van der Waals surface area contributed by atoms with Gasteiger partial charge in [-0.3, -0.25) is 9.59 Å². The van der Waals surface area contributed by atoms with Crippen LogP contribution in [0.25, 0.3) is 0 Å². The van der Waals surface area contributed by atoms with Crippen LogP contribution in [0, 0.1) is 0 Å². The number of aliphatic carboxylic acids is 1. The van der Waals surface area contributed by atoms with Crippen LogP contribution in [0.15, 0.2) is 29.2 Å². The van der Waals surface area contributed by atoms with Gasteiger partial charge in [0, 0.05) is 5.56 Å². The zero-order valence-corrected chi connectivity index (χ0v) is 11.0. The molecule has 0 heterocycles. The van der Waals surface area contributed by atoms with Gasteiger partial charge >= 0.3 is 5.97 Å². The van der Waals surface area contributed by atoms with E-state index in [4.69, 9.17) is 10.8 Å². The molecule has 0 radical (unpaired) electrons. The minimum atomic E-state index is -3.94. The van der Waals surface area contributed by atoms with E-state index in [1.807, 2.05) is 0 Å². The smallest absolute Gasteiger partial charge is 0.321 e. The molecule has 0 aliphatic heterocycles. The summed E-state index contributed by atoms with van der Waals surface area (Å²) in [5, 5.41) is 8.81. The van der Waals surface area contributed by atoms with Crippen LogP contribution in [-0.4, -0.2) is 31.4 Å². The molecule has 0 saturated carbocycles. The minimum Gasteiger partial charge on any atom is -0.480 e. The summed E-state index contributed by atoms with van der Waals surface area (Å²) in [6, 6.07) is 3.71. The topological polar surface area (TPSA) is 127 Å². The van der Waals surface area contributed by atoms with Crippen molar-refractivity contribution in [3.63, 3.8) is 0 Å². The number of primary amides is 1. The Hall–Kier alpha value is -1.93. The third kappa shape index (κ3) is 3.76. The molecule has 0 aliphatic rings. The van der Waals surface area contributed by atoms with Gasteiger partial charge in [0.25, 0.3) is 0 Å². The predicted octanol–water partition coefficient (Wildman–Crippen LogP) is -0.0730. The summed E-state index contributed by atoms with van der Waals surface area (Å²) in [5.41, 5.74) is 5.20. The fraction of sp³-hybridized carbons (Fsp3) is 0.273. The second kappa shape index (κ2) is 5.81. The summed E-state index contributed by atoms with van der Waals surface area (Å²) in [6.07, 6.45) is 0.119. The number of hydrogen-bond donors (Lipinski definition) is 3. The molecular formula is C11H14N2O5S. The van der Waals surface area contributed by atoms with E-state index in [1.54, 1.807) is 6.92 Å². The first-order valence-electron chi connectivity index (χ1n) is 5.43. The number of benzene rings is 1. The molecule has 0 bridgehead atoms. The van der Waals surface area contributed by atoms with Gasteiger partial charge < -0.3 is 10.8 Å². The zero-order valence-electron chi connectivity index (χ0n) is 10.2. The summed E-state index contributed by atoms with van der Waals surface area (Å²) in [6.45, 7) is 1.55. The van der Waals surface area contributed by atoms with Gasteiger partial charge in [0.2, 0.25) is 15.9 Å². The van der Waals surface area contributed by atoms with Gasteiger partial charge in [0.15, 0.2) is 0 Å². The molecule has 1 unspecified atom stereocenters. The summed E-state index contributed by atoms with van der Waals surface area (Å²) < 4.78 is 25.9. The molecule has 19 heavy (non-hydrogen) atoms. The number of carboxylic acids is 1. The van der Waals surface area contributed by atoms with Gasteiger partial charge in [-0.1, -0.05) is 6.92 Å². The third-order valence-electron chi connectivity index (χ3n) is 2.45. The van der Waals surface area contributed by atoms with Crippen LogP contribution < -0.4 is 10.5 Å². The normalized spacial score (nSPS) is 12.9. The minimum absolute atomic E-state index is 0.119. The lowest BCUT2D eigenvalue weighted by molar-refractivity contribution is -0.139. The number of sulfonamides is 1. The molecule has 0 aromatic heterocycles. The predicted molar refractivity (Wildman–Crippen MR) is 67.0 cm³/mol. The number of nitrogens with two attached hydrogens (primary N) is 1. The van der Waals surface area contributed by atoms with Crippen molar-refractivity contribution in [1.82, 2.24) is 4.72 Å². The molecule has 0 spiro atoms. The highest BCUT2D eigenvalue weighted by atomic mass is 32.2. The van der Waals surface area contributed by atoms with Crippen molar-refractivity contribution >= 4 is 21.9 Å². The summed E-state index contributed by atoms with van der Waals surface area (Å²) in [5.74, 6) is -1.92. The lowest BCUT2D eigenvalue weighted by Crippen LogP contribution is -2.40. The maximum absolute atomic E-state index is 11.9. The summed E-state index contributed by atoms with van der Waals surface area (Å²) in [7, 11) is -3.94. The molecular weight excluding hydrogens is 272 g/mol. The Balaban J connectivity index is 3.00. The van der Waals surface area contributed by atoms with E-state index in [0.717, 1.165) is 0 Å². The summed E-state index contributed by atoms with van der Waals surface area (Å²) in [4.78, 5) is 21.5. The van der Waals surface area contributed by atoms with Gasteiger partial charge in [0.1, 0.15) is 6.04 Å². The highest BCUT2D eigenvalue weighted by Crippen LogP contribution is 2.11. The number of carbonyl (C=O) groups excluding carboxylic acids is 1. The first kappa shape index (κ1) is 15.1. The highest BCUT2D eigenvalue weighted by Gasteiger charge is 2.23. The van der Waals surface area contributed by atoms with Crippen molar-refractivity contribution in [2.24, 2.45) is 5.73 Å². The van der Waals surface area contributed by atoms with Gasteiger partial charge in [-0.05, 0) is 30.7 Å². The first-order chi connectivity index (χ1) is 8.77. The van der Waals surface area contributed by atoms with Crippen molar-refractivity contribution < 1.29 is 23.1 Å². The Morgan fingerprint density at radius 3 is 2.21 bits per heavy atom.